The van der Waals surface area contributed by atoms with Gasteiger partial charge in [0.05, 0.1) is 57.1 Å². The topological polar surface area (TPSA) is 164 Å². The Balaban J connectivity index is 1.66. The summed E-state index contributed by atoms with van der Waals surface area (Å²) in [5.41, 5.74) is 7.46. The van der Waals surface area contributed by atoms with Gasteiger partial charge in [0.15, 0.2) is 0 Å². The molecule has 1 aromatic heterocycles. The number of amides is 2. The van der Waals surface area contributed by atoms with Crippen LogP contribution in [-0.2, 0) is 52.7 Å². The molecule has 0 aromatic carbocycles. The van der Waals surface area contributed by atoms with Gasteiger partial charge in [0.2, 0.25) is 11.8 Å². The first kappa shape index (κ1) is 41.0. The minimum atomic E-state index is -0.170. The molecule has 0 spiro atoms. The Hall–Kier alpha value is -2.20. The van der Waals surface area contributed by atoms with Gasteiger partial charge in [-0.25, -0.2) is 4.68 Å². The summed E-state index contributed by atoms with van der Waals surface area (Å²) >= 11 is 0. The van der Waals surface area contributed by atoms with Crippen molar-refractivity contribution in [2.45, 2.75) is 78.4 Å². The zero-order chi connectivity index (χ0) is 34.3. The first-order chi connectivity index (χ1) is 22.7. The average molecular weight is 670 g/mol. The molecule has 2 unspecified atom stereocenters. The SMILES string of the molecule is CNCC(C)(C)COCC(C)Cn1nnc2c1CCN(C(=O)CCCC(=O)NCCCOCCOCCOCCCN)CC(OC)C2. The second-order valence-corrected chi connectivity index (χ2v) is 13.2. The second-order valence-electron chi connectivity index (χ2n) is 13.2. The molecule has 0 saturated carbocycles. The number of hydrogen-bond donors (Lipinski definition) is 3. The maximum atomic E-state index is 13.2. The Bertz CT molecular complexity index is 995. The van der Waals surface area contributed by atoms with Gasteiger partial charge < -0.3 is 45.0 Å². The van der Waals surface area contributed by atoms with E-state index in [0.717, 1.165) is 24.4 Å². The van der Waals surface area contributed by atoms with Crippen molar-refractivity contribution >= 4 is 11.8 Å². The highest BCUT2D eigenvalue weighted by Gasteiger charge is 2.27. The zero-order valence-corrected chi connectivity index (χ0v) is 29.7. The van der Waals surface area contributed by atoms with E-state index in [0.29, 0.717) is 124 Å². The molecular formula is C33H63N7O7. The molecule has 0 bridgehead atoms. The summed E-state index contributed by atoms with van der Waals surface area (Å²) in [6.45, 7) is 15.0. The van der Waals surface area contributed by atoms with Crippen LogP contribution in [0, 0.1) is 11.3 Å². The van der Waals surface area contributed by atoms with Gasteiger partial charge in [-0.2, -0.15) is 0 Å². The molecule has 47 heavy (non-hydrogen) atoms. The minimum absolute atomic E-state index is 0.0333. The van der Waals surface area contributed by atoms with Crippen LogP contribution in [0.3, 0.4) is 0 Å². The second kappa shape index (κ2) is 24.0. The van der Waals surface area contributed by atoms with Crippen LogP contribution >= 0.6 is 0 Å². The van der Waals surface area contributed by atoms with E-state index in [4.69, 9.17) is 29.4 Å². The lowest BCUT2D eigenvalue weighted by Crippen LogP contribution is -2.42. The quantitative estimate of drug-likeness (QED) is 0.121. The number of carbonyl (C=O) groups excluding carboxylic acids is 2. The number of carbonyl (C=O) groups is 2. The Morgan fingerprint density at radius 1 is 1.02 bits per heavy atom. The highest BCUT2D eigenvalue weighted by Crippen LogP contribution is 2.19. The highest BCUT2D eigenvalue weighted by molar-refractivity contribution is 5.79. The summed E-state index contributed by atoms with van der Waals surface area (Å²) in [6, 6.07) is 0. The molecule has 2 atom stereocenters. The van der Waals surface area contributed by atoms with Crippen LogP contribution in [0.25, 0.3) is 0 Å². The number of aromatic nitrogens is 3. The van der Waals surface area contributed by atoms with E-state index in [9.17, 15) is 9.59 Å². The van der Waals surface area contributed by atoms with Crippen molar-refractivity contribution in [3.63, 3.8) is 0 Å². The fourth-order valence-electron chi connectivity index (χ4n) is 5.38. The van der Waals surface area contributed by atoms with Gasteiger partial charge in [-0.1, -0.05) is 26.0 Å². The summed E-state index contributed by atoms with van der Waals surface area (Å²) in [6.07, 6.45) is 3.79. The largest absolute Gasteiger partial charge is 0.380 e. The Labute approximate surface area is 282 Å². The minimum Gasteiger partial charge on any atom is -0.380 e. The van der Waals surface area contributed by atoms with Crippen LogP contribution < -0.4 is 16.4 Å². The Kier molecular flexibility index (Phi) is 20.9. The van der Waals surface area contributed by atoms with Gasteiger partial charge in [-0.15, -0.1) is 5.10 Å². The van der Waals surface area contributed by atoms with E-state index in [-0.39, 0.29) is 29.3 Å². The fourth-order valence-corrected chi connectivity index (χ4v) is 5.38. The molecule has 14 nitrogen and oxygen atoms in total. The third-order valence-corrected chi connectivity index (χ3v) is 7.92. The number of rotatable bonds is 26. The average Bonchev–Trinajstić information content (AvgIpc) is 3.38. The van der Waals surface area contributed by atoms with Crippen molar-refractivity contribution < 1.29 is 33.3 Å². The van der Waals surface area contributed by atoms with Crippen LogP contribution in [0.1, 0.15) is 64.3 Å². The maximum Gasteiger partial charge on any atom is 0.222 e. The molecule has 1 aliphatic heterocycles. The molecule has 2 amide bonds. The van der Waals surface area contributed by atoms with Gasteiger partial charge in [0, 0.05) is 84.1 Å². The van der Waals surface area contributed by atoms with Crippen molar-refractivity contribution in [2.75, 3.05) is 99.7 Å². The third kappa shape index (κ3) is 17.7. The van der Waals surface area contributed by atoms with E-state index >= 15 is 0 Å². The molecule has 272 valence electrons. The predicted molar refractivity (Wildman–Crippen MR) is 180 cm³/mol. The van der Waals surface area contributed by atoms with Gasteiger partial charge in [-0.3, -0.25) is 9.59 Å². The molecule has 4 N–H and O–H groups in total. The Morgan fingerprint density at radius 2 is 1.72 bits per heavy atom. The molecule has 0 fully saturated rings. The van der Waals surface area contributed by atoms with Crippen molar-refractivity contribution in [2.24, 2.45) is 17.1 Å². The normalized spacial score (nSPS) is 16.0. The predicted octanol–water partition coefficient (Wildman–Crippen LogP) is 1.19. The molecule has 2 rings (SSSR count). The number of nitrogens with one attached hydrogen (secondary N) is 2. The van der Waals surface area contributed by atoms with Crippen LogP contribution in [-0.4, -0.2) is 138 Å². The van der Waals surface area contributed by atoms with Crippen LogP contribution in [0.4, 0.5) is 0 Å². The zero-order valence-electron chi connectivity index (χ0n) is 29.7. The van der Waals surface area contributed by atoms with Crippen LogP contribution in [0.5, 0.6) is 0 Å². The number of fused-ring (bicyclic) bond motifs is 1. The number of methoxy groups -OCH3 is 1. The maximum absolute atomic E-state index is 13.2. The lowest BCUT2D eigenvalue weighted by molar-refractivity contribution is -0.133. The van der Waals surface area contributed by atoms with E-state index in [1.165, 1.54) is 0 Å². The molecule has 1 aromatic rings. The molecule has 0 aliphatic carbocycles. The summed E-state index contributed by atoms with van der Waals surface area (Å²) in [4.78, 5) is 27.4. The molecule has 0 radical (unpaired) electrons. The standard InChI is InChI=1S/C33H63N7O7/c1-27(24-47-26-33(2,3)25-35-4)22-40-30-11-14-39(23-28(43-5)21-29(30)37-38-40)32(42)10-6-9-31(41)36-13-8-16-45-18-20-46-19-17-44-15-7-12-34/h27-28,35H,6-26,34H2,1-5H3,(H,36,41). The summed E-state index contributed by atoms with van der Waals surface area (Å²) in [5, 5.41) is 15.1. The smallest absolute Gasteiger partial charge is 0.222 e. The number of hydrogen-bond acceptors (Lipinski definition) is 11. The molecule has 1 aliphatic rings. The number of ether oxygens (including phenoxy) is 5. The third-order valence-electron chi connectivity index (χ3n) is 7.92. The lowest BCUT2D eigenvalue weighted by atomic mass is 9.95. The van der Waals surface area contributed by atoms with Crippen molar-refractivity contribution in [1.29, 1.82) is 0 Å². The van der Waals surface area contributed by atoms with Crippen LogP contribution in [0.15, 0.2) is 0 Å². The Morgan fingerprint density at radius 3 is 2.40 bits per heavy atom. The lowest BCUT2D eigenvalue weighted by Gasteiger charge is -2.29. The summed E-state index contributed by atoms with van der Waals surface area (Å²) < 4.78 is 30.1. The summed E-state index contributed by atoms with van der Waals surface area (Å²) in [7, 11) is 3.62. The van der Waals surface area contributed by atoms with E-state index in [1.807, 2.05) is 16.6 Å². The number of nitrogens with two attached hydrogens (primary N) is 1. The molecular weight excluding hydrogens is 606 g/mol. The highest BCUT2D eigenvalue weighted by atomic mass is 16.5. The van der Waals surface area contributed by atoms with Crippen LogP contribution in [0.2, 0.25) is 0 Å². The monoisotopic (exact) mass is 669 g/mol. The van der Waals surface area contributed by atoms with E-state index < -0.39 is 0 Å². The van der Waals surface area contributed by atoms with Crippen molar-refractivity contribution in [1.82, 2.24) is 30.5 Å². The molecule has 14 heteroatoms. The van der Waals surface area contributed by atoms with Gasteiger partial charge in [0.25, 0.3) is 0 Å². The van der Waals surface area contributed by atoms with Gasteiger partial charge >= 0.3 is 0 Å². The first-order valence-corrected chi connectivity index (χ1v) is 17.3. The van der Waals surface area contributed by atoms with Crippen molar-refractivity contribution in [3.8, 4) is 0 Å². The van der Waals surface area contributed by atoms with Gasteiger partial charge in [0.1, 0.15) is 0 Å². The van der Waals surface area contributed by atoms with Gasteiger partial charge in [-0.05, 0) is 38.8 Å². The first-order valence-electron chi connectivity index (χ1n) is 17.3. The van der Waals surface area contributed by atoms with E-state index in [1.54, 1.807) is 7.11 Å². The summed E-state index contributed by atoms with van der Waals surface area (Å²) in [5.74, 6) is 0.237. The fraction of sp³-hybridized carbons (Fsp3) is 0.879. The molecule has 0 saturated heterocycles. The van der Waals surface area contributed by atoms with E-state index in [2.05, 4.69) is 41.7 Å². The molecule has 2 heterocycles. The number of nitrogens with zero attached hydrogens (tertiary/aromatic N) is 4. The van der Waals surface area contributed by atoms with Crippen molar-refractivity contribution in [3.05, 3.63) is 11.4 Å².